The number of para-hydroxylation sites is 2. The van der Waals surface area contributed by atoms with Crippen LogP contribution in [0, 0.1) is 6.92 Å². The molecular weight excluding hydrogens is 504 g/mol. The van der Waals surface area contributed by atoms with E-state index in [2.05, 4.69) is 30.6 Å². The molecule has 0 atom stereocenters. The highest BCUT2D eigenvalue weighted by Gasteiger charge is 2.26. The van der Waals surface area contributed by atoms with E-state index in [1.807, 2.05) is 25.1 Å². The molecule has 0 saturated heterocycles. The molecule has 0 aliphatic rings. The Morgan fingerprint density at radius 1 is 0.921 bits per heavy atom. The Morgan fingerprint density at radius 2 is 1.61 bits per heavy atom. The molecule has 38 heavy (non-hydrogen) atoms. The van der Waals surface area contributed by atoms with Gasteiger partial charge in [-0.25, -0.2) is 18.4 Å². The minimum Gasteiger partial charge on any atom is -0.497 e. The molecule has 0 fully saturated rings. The number of sulfonamides is 1. The van der Waals surface area contributed by atoms with Crippen LogP contribution in [-0.2, 0) is 14.8 Å². The van der Waals surface area contributed by atoms with Gasteiger partial charge in [0.2, 0.25) is 5.91 Å². The number of methoxy groups -OCH3 is 1. The molecule has 0 saturated carbocycles. The van der Waals surface area contributed by atoms with Crippen molar-refractivity contribution < 1.29 is 17.9 Å². The molecule has 0 aliphatic carbocycles. The molecule has 0 radical (unpaired) electrons. The molecular formula is C27H30N6O4S. The van der Waals surface area contributed by atoms with Gasteiger partial charge in [-0.2, -0.15) is 0 Å². The Hall–Kier alpha value is -4.22. The molecule has 0 spiro atoms. The summed E-state index contributed by atoms with van der Waals surface area (Å²) in [5, 5.41) is 8.86. The Balaban J connectivity index is 1.71. The van der Waals surface area contributed by atoms with E-state index in [-0.39, 0.29) is 22.4 Å². The van der Waals surface area contributed by atoms with Gasteiger partial charge in [-0.3, -0.25) is 9.52 Å². The topological polar surface area (TPSA) is 134 Å². The summed E-state index contributed by atoms with van der Waals surface area (Å²) >= 11 is 0. The number of hydrogen-bond donors (Lipinski definition) is 4. The second-order valence-corrected chi connectivity index (χ2v) is 10.9. The van der Waals surface area contributed by atoms with Crippen LogP contribution in [0.15, 0.2) is 71.6 Å². The molecule has 4 rings (SSSR count). The molecule has 1 amide bonds. The zero-order valence-electron chi connectivity index (χ0n) is 21.8. The summed E-state index contributed by atoms with van der Waals surface area (Å²) in [5.74, 6) is 0.581. The molecule has 0 unspecified atom stereocenters. The Morgan fingerprint density at radius 3 is 2.26 bits per heavy atom. The summed E-state index contributed by atoms with van der Waals surface area (Å²) in [4.78, 5) is 21.7. The van der Waals surface area contributed by atoms with Crippen molar-refractivity contribution >= 4 is 50.0 Å². The monoisotopic (exact) mass is 534 g/mol. The second-order valence-electron chi connectivity index (χ2n) is 9.18. The maximum atomic E-state index is 13.4. The fourth-order valence-electron chi connectivity index (χ4n) is 3.48. The highest BCUT2D eigenvalue weighted by atomic mass is 32.2. The van der Waals surface area contributed by atoms with Gasteiger partial charge in [-0.15, -0.1) is 0 Å². The van der Waals surface area contributed by atoms with Crippen LogP contribution >= 0.6 is 0 Å². The summed E-state index contributed by atoms with van der Waals surface area (Å²) < 4.78 is 34.8. The zero-order chi connectivity index (χ0) is 27.5. The Kier molecular flexibility index (Phi) is 7.51. The number of benzene rings is 3. The van der Waals surface area contributed by atoms with E-state index in [1.54, 1.807) is 64.4 Å². The molecule has 198 valence electrons. The number of ether oxygens (including phenoxy) is 1. The number of carbonyl (C=O) groups is 1. The summed E-state index contributed by atoms with van der Waals surface area (Å²) in [6, 6.07) is 18.7. The number of hydrogen-bond acceptors (Lipinski definition) is 8. The normalized spacial score (nSPS) is 11.7. The molecule has 4 N–H and O–H groups in total. The van der Waals surface area contributed by atoms with Crippen molar-refractivity contribution in [2.75, 3.05) is 29.5 Å². The van der Waals surface area contributed by atoms with Crippen LogP contribution in [0.5, 0.6) is 5.75 Å². The maximum absolute atomic E-state index is 13.4. The first-order valence-electron chi connectivity index (χ1n) is 11.8. The van der Waals surface area contributed by atoms with E-state index >= 15 is 0 Å². The fourth-order valence-corrected chi connectivity index (χ4v) is 4.53. The van der Waals surface area contributed by atoms with Crippen LogP contribution < -0.4 is 25.4 Å². The van der Waals surface area contributed by atoms with Crippen molar-refractivity contribution in [3.63, 3.8) is 0 Å². The maximum Gasteiger partial charge on any atom is 0.263 e. The number of anilines is 4. The third kappa shape index (κ3) is 5.84. The zero-order valence-corrected chi connectivity index (χ0v) is 22.6. The molecule has 0 bridgehead atoms. The minimum atomic E-state index is -4.10. The number of likely N-dealkylation sites (N-methyl/N-ethyl adjacent to an activating group) is 1. The van der Waals surface area contributed by atoms with Crippen molar-refractivity contribution in [3.05, 3.63) is 72.3 Å². The summed E-state index contributed by atoms with van der Waals surface area (Å²) in [6.45, 7) is 5.36. The number of aryl methyl sites for hydroxylation is 1. The van der Waals surface area contributed by atoms with Crippen molar-refractivity contribution in [1.82, 2.24) is 15.3 Å². The lowest BCUT2D eigenvalue weighted by atomic mass is 10.1. The van der Waals surface area contributed by atoms with Crippen LogP contribution in [0.25, 0.3) is 11.0 Å². The quantitative estimate of drug-likeness (QED) is 0.248. The average molecular weight is 535 g/mol. The summed E-state index contributed by atoms with van der Waals surface area (Å²) in [7, 11) is -0.859. The molecule has 3 aromatic carbocycles. The van der Waals surface area contributed by atoms with Crippen LogP contribution in [-0.4, -0.2) is 44.0 Å². The van der Waals surface area contributed by atoms with Crippen LogP contribution in [0.2, 0.25) is 0 Å². The van der Waals surface area contributed by atoms with Gasteiger partial charge in [0.15, 0.2) is 11.6 Å². The fraction of sp³-hybridized carbons (Fsp3) is 0.222. The number of fused-ring (bicyclic) bond motifs is 1. The minimum absolute atomic E-state index is 0.0247. The van der Waals surface area contributed by atoms with Gasteiger partial charge < -0.3 is 20.7 Å². The molecule has 10 nitrogen and oxygen atoms in total. The van der Waals surface area contributed by atoms with Gasteiger partial charge in [0.25, 0.3) is 10.0 Å². The largest absolute Gasteiger partial charge is 0.497 e. The van der Waals surface area contributed by atoms with E-state index in [9.17, 15) is 13.2 Å². The lowest BCUT2D eigenvalue weighted by Crippen LogP contribution is -2.47. The third-order valence-corrected chi connectivity index (χ3v) is 7.43. The van der Waals surface area contributed by atoms with E-state index in [4.69, 9.17) is 4.74 Å². The number of nitrogens with one attached hydrogen (secondary N) is 4. The number of rotatable bonds is 9. The Labute approximate surface area is 221 Å². The first kappa shape index (κ1) is 26.8. The summed E-state index contributed by atoms with van der Waals surface area (Å²) in [6.07, 6.45) is 0. The van der Waals surface area contributed by atoms with E-state index < -0.39 is 15.6 Å². The first-order valence-corrected chi connectivity index (χ1v) is 13.3. The number of nitrogens with zero attached hydrogens (tertiary/aromatic N) is 2. The lowest BCUT2D eigenvalue weighted by molar-refractivity contribution is -0.121. The van der Waals surface area contributed by atoms with Gasteiger partial charge in [0, 0.05) is 17.4 Å². The predicted octanol–water partition coefficient (Wildman–Crippen LogP) is 4.43. The van der Waals surface area contributed by atoms with E-state index in [0.717, 1.165) is 5.56 Å². The van der Waals surface area contributed by atoms with Crippen LogP contribution in [0.3, 0.4) is 0 Å². The number of amides is 1. The molecule has 0 aliphatic heterocycles. The summed E-state index contributed by atoms with van der Waals surface area (Å²) in [5.41, 5.74) is 2.21. The van der Waals surface area contributed by atoms with E-state index in [0.29, 0.717) is 28.2 Å². The van der Waals surface area contributed by atoms with Gasteiger partial charge in [-0.05, 0) is 69.8 Å². The molecule has 11 heteroatoms. The van der Waals surface area contributed by atoms with Crippen molar-refractivity contribution in [1.29, 1.82) is 0 Å². The highest BCUT2D eigenvalue weighted by molar-refractivity contribution is 7.92. The van der Waals surface area contributed by atoms with E-state index in [1.165, 1.54) is 12.1 Å². The standard InChI is InChI=1S/C27H30N6O4S/c1-17-13-14-19(37-5)16-23(17)32-24-25(31-22-12-7-6-11-21(22)30-24)33-38(35,36)20-10-8-9-18(15-20)29-26(34)27(2,3)28-4/h6-16,28H,1-5H3,(H,29,34)(H,30,32)(H,31,33). The van der Waals surface area contributed by atoms with Gasteiger partial charge >= 0.3 is 0 Å². The van der Waals surface area contributed by atoms with Crippen molar-refractivity contribution in [2.45, 2.75) is 31.2 Å². The smallest absolute Gasteiger partial charge is 0.263 e. The molecule has 1 heterocycles. The second kappa shape index (κ2) is 10.6. The highest BCUT2D eigenvalue weighted by Crippen LogP contribution is 2.30. The Bertz CT molecular complexity index is 1600. The van der Waals surface area contributed by atoms with Crippen molar-refractivity contribution in [2.24, 2.45) is 0 Å². The lowest BCUT2D eigenvalue weighted by Gasteiger charge is -2.22. The molecule has 1 aromatic heterocycles. The van der Waals surface area contributed by atoms with Crippen LogP contribution in [0.4, 0.5) is 23.0 Å². The number of carbonyl (C=O) groups excluding carboxylic acids is 1. The van der Waals surface area contributed by atoms with Gasteiger partial charge in [-0.1, -0.05) is 24.3 Å². The van der Waals surface area contributed by atoms with Crippen LogP contribution in [0.1, 0.15) is 19.4 Å². The number of aromatic nitrogens is 2. The average Bonchev–Trinajstić information content (AvgIpc) is 2.90. The third-order valence-electron chi connectivity index (χ3n) is 6.09. The van der Waals surface area contributed by atoms with Crippen molar-refractivity contribution in [3.8, 4) is 5.75 Å². The SMILES string of the molecule is CNC(C)(C)C(=O)Nc1cccc(S(=O)(=O)Nc2nc3ccccc3nc2Nc2cc(OC)ccc2C)c1. The first-order chi connectivity index (χ1) is 18.0. The van der Waals surface area contributed by atoms with Gasteiger partial charge in [0.1, 0.15) is 5.75 Å². The predicted molar refractivity (Wildman–Crippen MR) is 150 cm³/mol. The molecule has 4 aromatic rings. The van der Waals surface area contributed by atoms with Gasteiger partial charge in [0.05, 0.1) is 28.6 Å².